The monoisotopic (exact) mass is 380 g/mol. The number of carbonyl (C=O) groups excluding carboxylic acids is 1. The van der Waals surface area contributed by atoms with Crippen LogP contribution < -0.4 is 0 Å². The highest BCUT2D eigenvalue weighted by Gasteiger charge is 2.29. The third-order valence-electron chi connectivity index (χ3n) is 5.38. The number of hydrogen-bond acceptors (Lipinski definition) is 7. The van der Waals surface area contributed by atoms with Crippen molar-refractivity contribution in [1.29, 1.82) is 0 Å². The highest BCUT2D eigenvalue weighted by molar-refractivity contribution is 5.94. The van der Waals surface area contributed by atoms with E-state index in [-0.39, 0.29) is 12.0 Å². The summed E-state index contributed by atoms with van der Waals surface area (Å²) in [6, 6.07) is 1.68. The van der Waals surface area contributed by atoms with Gasteiger partial charge in [-0.3, -0.25) is 9.78 Å². The minimum absolute atomic E-state index is 0.0400. The largest absolute Gasteiger partial charge is 0.472 e. The number of rotatable bonds is 3. The number of fused-ring (bicyclic) bond motifs is 1. The Hall–Kier alpha value is -3.00. The van der Waals surface area contributed by atoms with Gasteiger partial charge in [0.05, 0.1) is 11.8 Å². The van der Waals surface area contributed by atoms with Crippen molar-refractivity contribution in [2.45, 2.75) is 38.8 Å². The molecule has 5 heterocycles. The second-order valence-corrected chi connectivity index (χ2v) is 7.17. The first-order chi connectivity index (χ1) is 13.7. The van der Waals surface area contributed by atoms with Crippen molar-refractivity contribution in [3.63, 3.8) is 0 Å². The summed E-state index contributed by atoms with van der Waals surface area (Å²) in [5.41, 5.74) is 4.45. The van der Waals surface area contributed by atoms with Gasteiger partial charge in [-0.2, -0.15) is 4.98 Å². The Labute approximate surface area is 161 Å². The van der Waals surface area contributed by atoms with Crippen LogP contribution in [0, 0.1) is 6.92 Å². The Morgan fingerprint density at radius 1 is 1.36 bits per heavy atom. The average molecular weight is 380 g/mol. The van der Waals surface area contributed by atoms with Crippen LogP contribution in [0.15, 0.2) is 33.7 Å². The predicted molar refractivity (Wildman–Crippen MR) is 97.3 cm³/mol. The molecule has 3 aromatic rings. The van der Waals surface area contributed by atoms with Crippen LogP contribution in [-0.4, -0.2) is 39.1 Å². The maximum absolute atomic E-state index is 12.6. The standard InChI is InChI=1S/C20H20N4O4/c1-12-17(18-22-19(28-23-18)16-3-2-7-27-16)15-4-6-24(10-14(15)9-21-12)20(25)13-5-8-26-11-13/h5,8-9,11,16H,2-4,6-7,10H2,1H3/t16-/m0/s1. The van der Waals surface area contributed by atoms with Crippen molar-refractivity contribution in [2.24, 2.45) is 0 Å². The van der Waals surface area contributed by atoms with E-state index in [1.165, 1.54) is 12.5 Å². The first kappa shape index (κ1) is 17.1. The van der Waals surface area contributed by atoms with Crippen molar-refractivity contribution >= 4 is 5.91 Å². The molecular formula is C20H20N4O4. The summed E-state index contributed by atoms with van der Waals surface area (Å²) in [5, 5.41) is 4.20. The molecule has 5 rings (SSSR count). The van der Waals surface area contributed by atoms with E-state index >= 15 is 0 Å². The molecule has 0 radical (unpaired) electrons. The predicted octanol–water partition coefficient (Wildman–Crippen LogP) is 3.08. The second kappa shape index (κ2) is 6.87. The summed E-state index contributed by atoms with van der Waals surface area (Å²) in [7, 11) is 0. The third-order valence-corrected chi connectivity index (χ3v) is 5.38. The van der Waals surface area contributed by atoms with E-state index in [2.05, 4.69) is 15.1 Å². The Kier molecular flexibility index (Phi) is 4.20. The van der Waals surface area contributed by atoms with E-state index < -0.39 is 0 Å². The number of pyridine rings is 1. The summed E-state index contributed by atoms with van der Waals surface area (Å²) < 4.78 is 16.1. The van der Waals surface area contributed by atoms with E-state index in [4.69, 9.17) is 13.7 Å². The van der Waals surface area contributed by atoms with Gasteiger partial charge in [0, 0.05) is 37.2 Å². The molecule has 1 amide bonds. The molecule has 1 atom stereocenters. The second-order valence-electron chi connectivity index (χ2n) is 7.17. The fraction of sp³-hybridized carbons (Fsp3) is 0.400. The van der Waals surface area contributed by atoms with Crippen LogP contribution in [0.5, 0.6) is 0 Å². The van der Waals surface area contributed by atoms with Gasteiger partial charge in [0.25, 0.3) is 11.8 Å². The minimum Gasteiger partial charge on any atom is -0.472 e. The molecule has 8 nitrogen and oxygen atoms in total. The Morgan fingerprint density at radius 2 is 2.29 bits per heavy atom. The smallest absolute Gasteiger partial charge is 0.257 e. The number of aryl methyl sites for hydroxylation is 1. The van der Waals surface area contributed by atoms with Crippen LogP contribution in [-0.2, 0) is 17.7 Å². The fourth-order valence-electron chi connectivity index (χ4n) is 3.93. The Morgan fingerprint density at radius 3 is 3.07 bits per heavy atom. The molecule has 0 spiro atoms. The fourth-order valence-corrected chi connectivity index (χ4v) is 3.93. The molecule has 1 saturated heterocycles. The lowest BCUT2D eigenvalue weighted by Gasteiger charge is -2.29. The zero-order valence-corrected chi connectivity index (χ0v) is 15.6. The van der Waals surface area contributed by atoms with Crippen LogP contribution in [0.3, 0.4) is 0 Å². The first-order valence-corrected chi connectivity index (χ1v) is 9.45. The molecule has 0 aliphatic carbocycles. The van der Waals surface area contributed by atoms with Gasteiger partial charge in [-0.15, -0.1) is 0 Å². The molecule has 2 aliphatic rings. The number of furan rings is 1. The summed E-state index contributed by atoms with van der Waals surface area (Å²) in [4.78, 5) is 23.6. The molecule has 0 saturated carbocycles. The lowest BCUT2D eigenvalue weighted by atomic mass is 9.94. The number of carbonyl (C=O) groups is 1. The van der Waals surface area contributed by atoms with Gasteiger partial charge in [-0.05, 0) is 43.4 Å². The van der Waals surface area contributed by atoms with Gasteiger partial charge in [0.2, 0.25) is 5.82 Å². The van der Waals surface area contributed by atoms with E-state index in [9.17, 15) is 4.79 Å². The maximum atomic E-state index is 12.6. The van der Waals surface area contributed by atoms with Gasteiger partial charge in [-0.25, -0.2) is 0 Å². The lowest BCUT2D eigenvalue weighted by Crippen LogP contribution is -2.36. The zero-order chi connectivity index (χ0) is 19.1. The molecule has 0 N–H and O–H groups in total. The number of nitrogens with zero attached hydrogens (tertiary/aromatic N) is 4. The summed E-state index contributed by atoms with van der Waals surface area (Å²) in [5.74, 6) is 1.03. The van der Waals surface area contributed by atoms with Crippen LogP contribution in [0.1, 0.15) is 52.0 Å². The molecule has 0 bridgehead atoms. The SMILES string of the molecule is Cc1ncc2c(c1-c1noc([C@@H]3CCCO3)n1)CCN(C(=O)c1ccoc1)C2. The summed E-state index contributed by atoms with van der Waals surface area (Å²) in [6.45, 7) is 3.78. The Bertz CT molecular complexity index is 1010. The minimum atomic E-state index is -0.114. The van der Waals surface area contributed by atoms with Crippen molar-refractivity contribution in [3.8, 4) is 11.4 Å². The number of aromatic nitrogens is 3. The van der Waals surface area contributed by atoms with Gasteiger partial charge in [-0.1, -0.05) is 5.16 Å². The third kappa shape index (κ3) is 2.90. The van der Waals surface area contributed by atoms with Crippen molar-refractivity contribution in [2.75, 3.05) is 13.2 Å². The highest BCUT2D eigenvalue weighted by Crippen LogP contribution is 2.33. The molecular weight excluding hydrogens is 360 g/mol. The quantitative estimate of drug-likeness (QED) is 0.689. The maximum Gasteiger partial charge on any atom is 0.257 e. The van der Waals surface area contributed by atoms with Gasteiger partial charge in [0.15, 0.2) is 0 Å². The van der Waals surface area contributed by atoms with E-state index in [0.29, 0.717) is 36.8 Å². The molecule has 0 unspecified atom stereocenters. The normalized spacial score (nSPS) is 19.0. The number of amides is 1. The molecule has 28 heavy (non-hydrogen) atoms. The number of hydrogen-bond donors (Lipinski definition) is 0. The van der Waals surface area contributed by atoms with E-state index in [1.807, 2.05) is 18.0 Å². The summed E-state index contributed by atoms with van der Waals surface area (Å²) >= 11 is 0. The van der Waals surface area contributed by atoms with Crippen LogP contribution in [0.25, 0.3) is 11.4 Å². The molecule has 8 heteroatoms. The Balaban J connectivity index is 1.45. The van der Waals surface area contributed by atoms with Crippen molar-refractivity contribution < 1.29 is 18.5 Å². The molecule has 2 aliphatic heterocycles. The van der Waals surface area contributed by atoms with Crippen LogP contribution in [0.2, 0.25) is 0 Å². The van der Waals surface area contributed by atoms with Gasteiger partial charge >= 0.3 is 0 Å². The zero-order valence-electron chi connectivity index (χ0n) is 15.6. The van der Waals surface area contributed by atoms with E-state index in [1.54, 1.807) is 6.07 Å². The average Bonchev–Trinajstić information content (AvgIpc) is 3.49. The van der Waals surface area contributed by atoms with Crippen molar-refractivity contribution in [1.82, 2.24) is 20.0 Å². The summed E-state index contributed by atoms with van der Waals surface area (Å²) in [6.07, 6.45) is 7.32. The van der Waals surface area contributed by atoms with Crippen LogP contribution >= 0.6 is 0 Å². The van der Waals surface area contributed by atoms with Gasteiger partial charge in [0.1, 0.15) is 12.4 Å². The number of ether oxygens (including phenoxy) is 1. The highest BCUT2D eigenvalue weighted by atomic mass is 16.5. The molecule has 1 fully saturated rings. The topological polar surface area (TPSA) is 94.5 Å². The molecule has 144 valence electrons. The molecule has 0 aromatic carbocycles. The molecule has 3 aromatic heterocycles. The first-order valence-electron chi connectivity index (χ1n) is 9.45. The van der Waals surface area contributed by atoms with Crippen LogP contribution in [0.4, 0.5) is 0 Å². The van der Waals surface area contributed by atoms with E-state index in [0.717, 1.165) is 41.8 Å². The van der Waals surface area contributed by atoms with Gasteiger partial charge < -0.3 is 18.6 Å². The lowest BCUT2D eigenvalue weighted by molar-refractivity contribution is 0.0734. The van der Waals surface area contributed by atoms with Crippen molar-refractivity contribution in [3.05, 3.63) is 53.1 Å².